The van der Waals surface area contributed by atoms with Gasteiger partial charge in [0.15, 0.2) is 6.61 Å². The molecule has 0 bridgehead atoms. The van der Waals surface area contributed by atoms with Gasteiger partial charge in [0.1, 0.15) is 0 Å². The third-order valence-corrected chi connectivity index (χ3v) is 4.43. The molecule has 0 fully saturated rings. The SMILES string of the molecule is NS(=O)(=O)c1ccc(NC(=O)COC(=O)c2ccc(Cl)cc2Cl)cc1. The summed E-state index contributed by atoms with van der Waals surface area (Å²) >= 11 is 11.6. The number of halogens is 2. The Labute approximate surface area is 153 Å². The van der Waals surface area contributed by atoms with Gasteiger partial charge in [-0.3, -0.25) is 4.79 Å². The first-order valence-electron chi connectivity index (χ1n) is 6.72. The molecule has 0 unspecified atom stereocenters. The number of ether oxygens (including phenoxy) is 1. The molecule has 10 heteroatoms. The Balaban J connectivity index is 1.93. The van der Waals surface area contributed by atoms with E-state index < -0.39 is 28.5 Å². The molecule has 132 valence electrons. The van der Waals surface area contributed by atoms with Crippen LogP contribution in [0.3, 0.4) is 0 Å². The van der Waals surface area contributed by atoms with Crippen LogP contribution in [-0.4, -0.2) is 26.9 Å². The topological polar surface area (TPSA) is 116 Å². The third kappa shape index (κ3) is 5.43. The van der Waals surface area contributed by atoms with Gasteiger partial charge < -0.3 is 10.1 Å². The molecule has 0 atom stereocenters. The number of rotatable bonds is 5. The van der Waals surface area contributed by atoms with Gasteiger partial charge in [-0.2, -0.15) is 0 Å². The lowest BCUT2D eigenvalue weighted by atomic mass is 10.2. The molecule has 3 N–H and O–H groups in total. The number of nitrogens with two attached hydrogens (primary N) is 1. The second kappa shape index (κ2) is 7.83. The maximum absolute atomic E-state index is 11.9. The number of benzene rings is 2. The molecular weight excluding hydrogens is 391 g/mol. The summed E-state index contributed by atoms with van der Waals surface area (Å²) in [5, 5.41) is 7.89. The van der Waals surface area contributed by atoms with Crippen molar-refractivity contribution in [2.24, 2.45) is 5.14 Å². The first-order valence-corrected chi connectivity index (χ1v) is 9.02. The van der Waals surface area contributed by atoms with Crippen molar-refractivity contribution in [2.45, 2.75) is 4.90 Å². The molecule has 2 aromatic rings. The summed E-state index contributed by atoms with van der Waals surface area (Å²) in [7, 11) is -3.81. The van der Waals surface area contributed by atoms with Crippen LogP contribution in [0.4, 0.5) is 5.69 Å². The molecule has 7 nitrogen and oxygen atoms in total. The fraction of sp³-hybridized carbons (Fsp3) is 0.0667. The molecule has 0 heterocycles. The van der Waals surface area contributed by atoms with Crippen molar-refractivity contribution < 1.29 is 22.7 Å². The molecule has 0 spiro atoms. The van der Waals surface area contributed by atoms with Gasteiger partial charge in [0.25, 0.3) is 5.91 Å². The van der Waals surface area contributed by atoms with Crippen LogP contribution in [0.15, 0.2) is 47.4 Å². The highest BCUT2D eigenvalue weighted by atomic mass is 35.5. The lowest BCUT2D eigenvalue weighted by molar-refractivity contribution is -0.119. The zero-order chi connectivity index (χ0) is 18.6. The van der Waals surface area contributed by atoms with E-state index in [1.165, 1.54) is 42.5 Å². The number of nitrogens with one attached hydrogen (secondary N) is 1. The average Bonchev–Trinajstić information content (AvgIpc) is 2.52. The van der Waals surface area contributed by atoms with Crippen molar-refractivity contribution in [1.82, 2.24) is 0 Å². The number of carbonyl (C=O) groups is 2. The summed E-state index contributed by atoms with van der Waals surface area (Å²) in [6.07, 6.45) is 0. The molecule has 0 aromatic heterocycles. The molecule has 0 radical (unpaired) electrons. The minimum atomic E-state index is -3.81. The Morgan fingerprint density at radius 1 is 1.08 bits per heavy atom. The lowest BCUT2D eigenvalue weighted by Gasteiger charge is -2.08. The molecular formula is C15H12Cl2N2O5S. The monoisotopic (exact) mass is 402 g/mol. The maximum atomic E-state index is 11.9. The van der Waals surface area contributed by atoms with Crippen LogP contribution in [-0.2, 0) is 19.6 Å². The van der Waals surface area contributed by atoms with E-state index in [0.29, 0.717) is 10.7 Å². The summed E-state index contributed by atoms with van der Waals surface area (Å²) in [6.45, 7) is -0.547. The smallest absolute Gasteiger partial charge is 0.340 e. The quantitative estimate of drug-likeness (QED) is 0.744. The maximum Gasteiger partial charge on any atom is 0.340 e. The summed E-state index contributed by atoms with van der Waals surface area (Å²) in [5.74, 6) is -1.39. The molecule has 2 rings (SSSR count). The molecule has 25 heavy (non-hydrogen) atoms. The molecule has 0 aliphatic heterocycles. The highest BCUT2D eigenvalue weighted by Gasteiger charge is 2.14. The van der Waals surface area contributed by atoms with Gasteiger partial charge in [-0.1, -0.05) is 23.2 Å². The predicted octanol–water partition coefficient (Wildman–Crippen LogP) is 2.44. The second-order valence-corrected chi connectivity index (χ2v) is 7.22. The highest BCUT2D eigenvalue weighted by Crippen LogP contribution is 2.21. The predicted molar refractivity (Wildman–Crippen MR) is 93.2 cm³/mol. The number of hydrogen-bond donors (Lipinski definition) is 2. The summed E-state index contributed by atoms with van der Waals surface area (Å²) in [4.78, 5) is 23.6. The van der Waals surface area contributed by atoms with E-state index in [0.717, 1.165) is 0 Å². The van der Waals surface area contributed by atoms with Gasteiger partial charge >= 0.3 is 5.97 Å². The van der Waals surface area contributed by atoms with E-state index >= 15 is 0 Å². The number of sulfonamides is 1. The van der Waals surface area contributed by atoms with Crippen LogP contribution in [0, 0.1) is 0 Å². The van der Waals surface area contributed by atoms with Crippen molar-refractivity contribution in [3.8, 4) is 0 Å². The minimum absolute atomic E-state index is 0.0800. The molecule has 0 saturated carbocycles. The van der Waals surface area contributed by atoms with Crippen LogP contribution < -0.4 is 10.5 Å². The zero-order valence-electron chi connectivity index (χ0n) is 12.5. The van der Waals surface area contributed by atoms with E-state index in [2.05, 4.69) is 5.32 Å². The summed E-state index contributed by atoms with van der Waals surface area (Å²) in [6, 6.07) is 9.43. The Bertz CT molecular complexity index is 914. The molecule has 2 aromatic carbocycles. The molecule has 0 aliphatic carbocycles. The van der Waals surface area contributed by atoms with Crippen LogP contribution >= 0.6 is 23.2 Å². The van der Waals surface area contributed by atoms with Crippen molar-refractivity contribution >= 4 is 50.8 Å². The summed E-state index contributed by atoms with van der Waals surface area (Å²) in [5.41, 5.74) is 0.398. The van der Waals surface area contributed by atoms with Gasteiger partial charge in [0.05, 0.1) is 15.5 Å². The van der Waals surface area contributed by atoms with Gasteiger partial charge in [0.2, 0.25) is 10.0 Å². The average molecular weight is 403 g/mol. The van der Waals surface area contributed by atoms with Crippen LogP contribution in [0.2, 0.25) is 10.0 Å². The fourth-order valence-electron chi connectivity index (χ4n) is 1.79. The number of hydrogen-bond acceptors (Lipinski definition) is 5. The Morgan fingerprint density at radius 2 is 1.72 bits per heavy atom. The zero-order valence-corrected chi connectivity index (χ0v) is 14.9. The summed E-state index contributed by atoms with van der Waals surface area (Å²) < 4.78 is 27.1. The standard InChI is InChI=1S/C15H12Cl2N2O5S/c16-9-1-6-12(13(17)7-9)15(21)24-8-14(20)19-10-2-4-11(5-3-10)25(18,22)23/h1-7H,8H2,(H,19,20)(H2,18,22,23). The van der Waals surface area contributed by atoms with E-state index in [4.69, 9.17) is 33.1 Å². The lowest BCUT2D eigenvalue weighted by Crippen LogP contribution is -2.21. The second-order valence-electron chi connectivity index (χ2n) is 4.82. The van der Waals surface area contributed by atoms with E-state index in [9.17, 15) is 18.0 Å². The first kappa shape index (κ1) is 19.2. The van der Waals surface area contributed by atoms with Crippen LogP contribution in [0.1, 0.15) is 10.4 Å². The Kier molecular flexibility index (Phi) is 6.02. The molecule has 1 amide bonds. The molecule has 0 saturated heterocycles. The first-order chi connectivity index (χ1) is 11.7. The van der Waals surface area contributed by atoms with Gasteiger partial charge in [-0.25, -0.2) is 18.4 Å². The van der Waals surface area contributed by atoms with Crippen molar-refractivity contribution in [2.75, 3.05) is 11.9 Å². The third-order valence-electron chi connectivity index (χ3n) is 2.95. The van der Waals surface area contributed by atoms with E-state index in [1.54, 1.807) is 0 Å². The fourth-order valence-corrected chi connectivity index (χ4v) is 2.79. The number of carbonyl (C=O) groups excluding carboxylic acids is 2. The van der Waals surface area contributed by atoms with Crippen molar-refractivity contribution in [1.29, 1.82) is 0 Å². The minimum Gasteiger partial charge on any atom is -0.452 e. The Morgan fingerprint density at radius 3 is 2.28 bits per heavy atom. The van der Waals surface area contributed by atoms with Gasteiger partial charge in [-0.15, -0.1) is 0 Å². The van der Waals surface area contributed by atoms with Crippen molar-refractivity contribution in [3.05, 3.63) is 58.1 Å². The van der Waals surface area contributed by atoms with Gasteiger partial charge in [0, 0.05) is 10.7 Å². The Hall–Kier alpha value is -2.13. The van der Waals surface area contributed by atoms with Crippen molar-refractivity contribution in [3.63, 3.8) is 0 Å². The van der Waals surface area contributed by atoms with E-state index in [-0.39, 0.29) is 15.5 Å². The number of primary sulfonamides is 1. The normalized spacial score (nSPS) is 11.0. The largest absolute Gasteiger partial charge is 0.452 e. The molecule has 0 aliphatic rings. The van der Waals surface area contributed by atoms with E-state index in [1.807, 2.05) is 0 Å². The number of anilines is 1. The number of amides is 1. The number of esters is 1. The van der Waals surface area contributed by atoms with Crippen LogP contribution in [0.25, 0.3) is 0 Å². The van der Waals surface area contributed by atoms with Gasteiger partial charge in [-0.05, 0) is 42.5 Å². The van der Waals surface area contributed by atoms with Crippen LogP contribution in [0.5, 0.6) is 0 Å². The highest BCUT2D eigenvalue weighted by molar-refractivity contribution is 7.89.